The molecule has 2 aromatic carbocycles. The first-order chi connectivity index (χ1) is 22.2. The van der Waals surface area contributed by atoms with Gasteiger partial charge < -0.3 is 15.5 Å². The van der Waals surface area contributed by atoms with Crippen LogP contribution in [0, 0.1) is 22.7 Å². The number of hydrogen-bond acceptors (Lipinski definition) is 5. The molecule has 0 heterocycles. The van der Waals surface area contributed by atoms with E-state index in [9.17, 15) is 24.3 Å². The van der Waals surface area contributed by atoms with E-state index in [0.717, 1.165) is 68.9 Å². The topological polar surface area (TPSA) is 133 Å². The highest BCUT2D eigenvalue weighted by atomic mass is 16.4. The van der Waals surface area contributed by atoms with E-state index in [-0.39, 0.29) is 65.4 Å². The van der Waals surface area contributed by atoms with Gasteiger partial charge in [0.15, 0.2) is 0 Å². The van der Waals surface area contributed by atoms with Gasteiger partial charge in [-0.2, -0.15) is 0 Å². The van der Waals surface area contributed by atoms with Gasteiger partial charge in [-0.3, -0.25) is 24.5 Å². The summed E-state index contributed by atoms with van der Waals surface area (Å²) in [5.41, 5.74) is 3.49. The van der Waals surface area contributed by atoms with Crippen LogP contribution in [0.2, 0.25) is 0 Å². The van der Waals surface area contributed by atoms with Gasteiger partial charge in [0, 0.05) is 18.5 Å². The van der Waals surface area contributed by atoms with E-state index >= 15 is 0 Å². The van der Waals surface area contributed by atoms with Crippen molar-refractivity contribution in [2.75, 3.05) is 5.32 Å². The van der Waals surface area contributed by atoms with Crippen molar-refractivity contribution in [3.8, 4) is 5.75 Å². The van der Waals surface area contributed by atoms with Crippen LogP contribution in [0.25, 0.3) is 0 Å². The molecule has 6 atom stereocenters. The number of aliphatic carboxylic acids is 1. The number of aromatic hydroxyl groups is 1. The highest BCUT2D eigenvalue weighted by molar-refractivity contribution is 6.01. The molecule has 4 N–H and O–H groups in total. The molecule has 0 bridgehead atoms. The normalized spacial score (nSPS) is 32.5. The zero-order chi connectivity index (χ0) is 33.8. The van der Waals surface area contributed by atoms with Crippen LogP contribution in [0.15, 0.2) is 36.4 Å². The molecular formula is C39H50N2O6. The Morgan fingerprint density at radius 1 is 0.745 bits per heavy atom. The van der Waals surface area contributed by atoms with E-state index in [0.29, 0.717) is 12.1 Å². The predicted octanol–water partition coefficient (Wildman–Crippen LogP) is 6.95. The van der Waals surface area contributed by atoms with Crippen LogP contribution in [-0.4, -0.2) is 33.9 Å². The summed E-state index contributed by atoms with van der Waals surface area (Å²) in [6.45, 7) is 8.57. The molecule has 8 nitrogen and oxygen atoms in total. The second-order valence-electron chi connectivity index (χ2n) is 15.9. The SMILES string of the molecule is C[C@]1(C(=O)NC(=O)[C@@]2(C)CCC[C@]3(C)c4cc(NC(=O)CCCC(=O)O)ccc4CC[C@@H]23)CCC[C@]2(C)c3cc(O)ccc3CC[C@@H]12. The van der Waals surface area contributed by atoms with E-state index in [1.54, 1.807) is 6.07 Å². The Labute approximate surface area is 278 Å². The summed E-state index contributed by atoms with van der Waals surface area (Å²) < 4.78 is 0. The van der Waals surface area contributed by atoms with Gasteiger partial charge in [0.2, 0.25) is 17.7 Å². The lowest BCUT2D eigenvalue weighted by molar-refractivity contribution is -0.150. The summed E-state index contributed by atoms with van der Waals surface area (Å²) in [4.78, 5) is 52.2. The molecule has 47 heavy (non-hydrogen) atoms. The quantitative estimate of drug-likeness (QED) is 0.242. The van der Waals surface area contributed by atoms with Crippen molar-refractivity contribution in [1.29, 1.82) is 0 Å². The third-order valence-electron chi connectivity index (χ3n) is 13.0. The number of hydrogen-bond donors (Lipinski definition) is 4. The van der Waals surface area contributed by atoms with Crippen LogP contribution in [0.1, 0.15) is 121 Å². The van der Waals surface area contributed by atoms with E-state index in [1.807, 2.05) is 38.1 Å². The maximum atomic E-state index is 14.4. The molecule has 0 unspecified atom stereocenters. The number of phenolic OH excluding ortho intramolecular Hbond substituents is 1. The van der Waals surface area contributed by atoms with Crippen molar-refractivity contribution < 1.29 is 29.4 Å². The number of fused-ring (bicyclic) bond motifs is 6. The van der Waals surface area contributed by atoms with Gasteiger partial charge in [0.1, 0.15) is 5.75 Å². The van der Waals surface area contributed by atoms with Gasteiger partial charge in [-0.05, 0) is 127 Å². The molecular weight excluding hydrogens is 592 g/mol. The Kier molecular flexibility index (Phi) is 8.54. The molecule has 4 aliphatic carbocycles. The number of carboxylic acids is 1. The predicted molar refractivity (Wildman–Crippen MR) is 180 cm³/mol. The standard InChI is InChI=1S/C39H50N2O6/c1-36-18-6-20-38(3,30(36)16-12-24-10-14-26(22-28(24)36)40-32(43)8-5-9-33(44)45)34(46)41-35(47)39(4)21-7-19-37(2)29-23-27(42)15-11-25(29)13-17-31(37)39/h10-11,14-15,22-23,30-31,42H,5-9,12-13,16-21H2,1-4H3,(H,40,43)(H,44,45)(H,41,46,47)/t30-,31-,36-,37-,38+,39+/m1/s1. The van der Waals surface area contributed by atoms with Crippen LogP contribution < -0.4 is 10.6 Å². The largest absolute Gasteiger partial charge is 0.508 e. The van der Waals surface area contributed by atoms with Crippen LogP contribution in [0.4, 0.5) is 5.69 Å². The van der Waals surface area contributed by atoms with Crippen molar-refractivity contribution in [1.82, 2.24) is 5.32 Å². The fourth-order valence-electron chi connectivity index (χ4n) is 10.5. The minimum absolute atomic E-state index is 0.0273. The smallest absolute Gasteiger partial charge is 0.303 e. The fraction of sp³-hybridized carbons (Fsp3) is 0.590. The molecule has 2 saturated carbocycles. The maximum absolute atomic E-state index is 14.4. The average molecular weight is 643 g/mol. The maximum Gasteiger partial charge on any atom is 0.303 e. The fourth-order valence-corrected chi connectivity index (χ4v) is 10.5. The number of aryl methyl sites for hydroxylation is 2. The number of anilines is 1. The summed E-state index contributed by atoms with van der Waals surface area (Å²) in [5.74, 6) is -1.12. The molecule has 3 amide bonds. The first-order valence-corrected chi connectivity index (χ1v) is 17.5. The molecule has 0 radical (unpaired) electrons. The number of phenols is 1. The highest BCUT2D eigenvalue weighted by Gasteiger charge is 2.58. The molecule has 6 rings (SSSR count). The number of amides is 3. The summed E-state index contributed by atoms with van der Waals surface area (Å²) in [5, 5.41) is 25.2. The number of rotatable bonds is 7. The lowest BCUT2D eigenvalue weighted by Gasteiger charge is -2.56. The molecule has 0 aliphatic heterocycles. The molecule has 0 spiro atoms. The number of carboxylic acid groups (broad SMARTS) is 1. The molecule has 0 saturated heterocycles. The number of carbonyl (C=O) groups is 4. The minimum atomic E-state index is -0.913. The monoisotopic (exact) mass is 642 g/mol. The van der Waals surface area contributed by atoms with Crippen LogP contribution in [-0.2, 0) is 42.8 Å². The Bertz CT molecular complexity index is 1620. The highest BCUT2D eigenvalue weighted by Crippen LogP contribution is 2.59. The van der Waals surface area contributed by atoms with E-state index < -0.39 is 16.8 Å². The zero-order valence-corrected chi connectivity index (χ0v) is 28.3. The van der Waals surface area contributed by atoms with Crippen molar-refractivity contribution >= 4 is 29.4 Å². The summed E-state index contributed by atoms with van der Waals surface area (Å²) in [6.07, 6.45) is 8.84. The van der Waals surface area contributed by atoms with Gasteiger partial charge >= 0.3 is 5.97 Å². The second kappa shape index (κ2) is 12.1. The molecule has 252 valence electrons. The van der Waals surface area contributed by atoms with Gasteiger partial charge in [0.05, 0.1) is 10.8 Å². The third kappa shape index (κ3) is 5.65. The lowest BCUT2D eigenvalue weighted by atomic mass is 9.49. The molecule has 2 fully saturated rings. The van der Waals surface area contributed by atoms with Gasteiger partial charge in [-0.15, -0.1) is 0 Å². The van der Waals surface area contributed by atoms with E-state index in [1.165, 1.54) is 11.1 Å². The van der Waals surface area contributed by atoms with Crippen molar-refractivity contribution in [2.24, 2.45) is 22.7 Å². The minimum Gasteiger partial charge on any atom is -0.508 e. The zero-order valence-electron chi connectivity index (χ0n) is 28.3. The Balaban J connectivity index is 1.21. The molecule has 4 aliphatic rings. The number of benzene rings is 2. The first-order valence-electron chi connectivity index (χ1n) is 17.5. The first kappa shape index (κ1) is 33.2. The van der Waals surface area contributed by atoms with Crippen molar-refractivity contribution in [3.05, 3.63) is 58.7 Å². The molecule has 0 aromatic heterocycles. The Hall–Kier alpha value is -3.68. The number of nitrogens with one attached hydrogen (secondary N) is 2. The van der Waals surface area contributed by atoms with Gasteiger partial charge in [0.25, 0.3) is 0 Å². The van der Waals surface area contributed by atoms with Crippen molar-refractivity contribution in [3.63, 3.8) is 0 Å². The van der Waals surface area contributed by atoms with Crippen LogP contribution in [0.3, 0.4) is 0 Å². The number of carbonyl (C=O) groups excluding carboxylic acids is 3. The second-order valence-corrected chi connectivity index (χ2v) is 15.9. The third-order valence-corrected chi connectivity index (χ3v) is 13.0. The van der Waals surface area contributed by atoms with Crippen LogP contribution >= 0.6 is 0 Å². The molecule has 2 aromatic rings. The number of imide groups is 1. The van der Waals surface area contributed by atoms with E-state index in [4.69, 9.17) is 5.11 Å². The Morgan fingerprint density at radius 3 is 1.83 bits per heavy atom. The lowest BCUT2D eigenvalue weighted by Crippen LogP contribution is -2.60. The molecule has 8 heteroatoms. The van der Waals surface area contributed by atoms with E-state index in [2.05, 4.69) is 30.5 Å². The summed E-state index contributed by atoms with van der Waals surface area (Å²) in [6, 6.07) is 11.7. The summed E-state index contributed by atoms with van der Waals surface area (Å²) >= 11 is 0. The Morgan fingerprint density at radius 2 is 1.28 bits per heavy atom. The van der Waals surface area contributed by atoms with Crippen molar-refractivity contribution in [2.45, 2.75) is 122 Å². The van der Waals surface area contributed by atoms with Gasteiger partial charge in [-0.1, -0.05) is 52.7 Å². The van der Waals surface area contributed by atoms with Gasteiger partial charge in [-0.25, -0.2) is 0 Å². The average Bonchev–Trinajstić information content (AvgIpc) is 3.01. The van der Waals surface area contributed by atoms with Crippen LogP contribution in [0.5, 0.6) is 5.75 Å². The summed E-state index contributed by atoms with van der Waals surface area (Å²) in [7, 11) is 0.